The molecule has 0 saturated carbocycles. The minimum atomic E-state index is -0.921. The first-order valence-corrected chi connectivity index (χ1v) is 2.03. The van der Waals surface area contributed by atoms with E-state index in [2.05, 4.69) is 0 Å². The summed E-state index contributed by atoms with van der Waals surface area (Å²) in [5.74, 6) is -0.921. The third kappa shape index (κ3) is 4.32. The van der Waals surface area contributed by atoms with E-state index in [1.807, 2.05) is 9.24 Å². The fourth-order valence-corrected chi connectivity index (χ4v) is 0. The zero-order valence-electron chi connectivity index (χ0n) is 2.82. The maximum atomic E-state index is 11.3. The lowest BCUT2D eigenvalue weighted by Gasteiger charge is -1.86. The van der Waals surface area contributed by atoms with Crippen LogP contribution in [0.2, 0.25) is 0 Å². The predicted octanol–water partition coefficient (Wildman–Crippen LogP) is 0.116. The molecule has 0 aromatic rings. The van der Waals surface area contributed by atoms with Gasteiger partial charge in [-0.2, -0.15) is 0 Å². The van der Waals surface area contributed by atoms with Crippen molar-refractivity contribution in [2.75, 3.05) is 6.54 Å². The summed E-state index contributed by atoms with van der Waals surface area (Å²) in [6, 6.07) is 0. The molecule has 32 valence electrons. The molecule has 0 spiro atoms. The van der Waals surface area contributed by atoms with Crippen molar-refractivity contribution in [1.82, 2.24) is 0 Å². The van der Waals surface area contributed by atoms with Gasteiger partial charge >= 0.3 is 0 Å². The molecule has 0 saturated heterocycles. The molecule has 5 heavy (non-hydrogen) atoms. The second kappa shape index (κ2) is 2.55. The van der Waals surface area contributed by atoms with Gasteiger partial charge in [0.05, 0.1) is 0 Å². The predicted molar refractivity (Wildman–Crippen MR) is 23.7 cm³/mol. The van der Waals surface area contributed by atoms with Crippen molar-refractivity contribution in [2.45, 2.75) is 5.91 Å². The zero-order valence-corrected chi connectivity index (χ0v) is 3.97. The minimum absolute atomic E-state index is 0.102. The average molecular weight is 95.1 g/mol. The average Bonchev–Trinajstić information content (AvgIpc) is 1.38. The van der Waals surface area contributed by atoms with E-state index >= 15 is 0 Å². The molecule has 0 fully saturated rings. The van der Waals surface area contributed by atoms with E-state index in [-0.39, 0.29) is 6.54 Å². The van der Waals surface area contributed by atoms with Crippen LogP contribution in [0.15, 0.2) is 0 Å². The molecule has 0 aromatic carbocycles. The topological polar surface area (TPSA) is 26.0 Å². The van der Waals surface area contributed by atoms with Crippen molar-refractivity contribution in [3.63, 3.8) is 0 Å². The van der Waals surface area contributed by atoms with Gasteiger partial charge in [-0.1, -0.05) is 9.24 Å². The highest BCUT2D eigenvalue weighted by atomic mass is 31.0. The van der Waals surface area contributed by atoms with Gasteiger partial charge in [0.15, 0.2) is 0 Å². The Morgan fingerprint density at radius 1 is 2.00 bits per heavy atom. The molecule has 0 bridgehead atoms. The number of rotatable bonds is 1. The third-order valence-corrected chi connectivity index (χ3v) is 0.497. The normalized spacial score (nSPS) is 15.0. The van der Waals surface area contributed by atoms with Gasteiger partial charge < -0.3 is 5.73 Å². The van der Waals surface area contributed by atoms with Crippen LogP contribution in [-0.2, 0) is 0 Å². The molecule has 3 heteroatoms. The van der Waals surface area contributed by atoms with Crippen molar-refractivity contribution < 1.29 is 4.39 Å². The molecular formula is C2H7FNP. The van der Waals surface area contributed by atoms with E-state index < -0.39 is 5.91 Å². The Morgan fingerprint density at radius 2 is 2.20 bits per heavy atom. The van der Waals surface area contributed by atoms with E-state index in [9.17, 15) is 4.39 Å². The van der Waals surface area contributed by atoms with Gasteiger partial charge in [0.1, 0.15) is 5.91 Å². The highest BCUT2D eigenvalue weighted by molar-refractivity contribution is 7.17. The molecule has 2 atom stereocenters. The van der Waals surface area contributed by atoms with Gasteiger partial charge in [-0.3, -0.25) is 0 Å². The molecule has 0 heterocycles. The lowest BCUT2D eigenvalue weighted by molar-refractivity contribution is 0.460. The molecule has 1 nitrogen and oxygen atoms in total. The van der Waals surface area contributed by atoms with E-state index in [4.69, 9.17) is 5.73 Å². The third-order valence-electron chi connectivity index (χ3n) is 0.225. The van der Waals surface area contributed by atoms with Gasteiger partial charge in [-0.15, -0.1) is 0 Å². The quantitative estimate of drug-likeness (QED) is 0.460. The molecule has 0 amide bonds. The van der Waals surface area contributed by atoms with Crippen LogP contribution in [0.4, 0.5) is 4.39 Å². The summed E-state index contributed by atoms with van der Waals surface area (Å²) >= 11 is 0. The Kier molecular flexibility index (Phi) is 2.71. The van der Waals surface area contributed by atoms with E-state index in [0.29, 0.717) is 0 Å². The largest absolute Gasteiger partial charge is 0.327 e. The fourth-order valence-electron chi connectivity index (χ4n) is 0. The summed E-state index contributed by atoms with van der Waals surface area (Å²) in [5, 5.41) is 0. The lowest BCUT2D eigenvalue weighted by Crippen LogP contribution is -2.06. The first-order valence-electron chi connectivity index (χ1n) is 1.37. The van der Waals surface area contributed by atoms with Crippen LogP contribution >= 0.6 is 9.24 Å². The second-order valence-corrected chi connectivity index (χ2v) is 1.48. The molecule has 0 rings (SSSR count). The van der Waals surface area contributed by atoms with Gasteiger partial charge in [0.2, 0.25) is 0 Å². The van der Waals surface area contributed by atoms with E-state index in [1.54, 1.807) is 0 Å². The maximum Gasteiger partial charge on any atom is 0.125 e. The van der Waals surface area contributed by atoms with Crippen LogP contribution in [0.5, 0.6) is 0 Å². The molecule has 0 aliphatic heterocycles. The van der Waals surface area contributed by atoms with Crippen LogP contribution in [0.1, 0.15) is 0 Å². The molecule has 2 N–H and O–H groups in total. The van der Waals surface area contributed by atoms with Crippen molar-refractivity contribution in [3.05, 3.63) is 0 Å². The summed E-state index contributed by atoms with van der Waals surface area (Å²) < 4.78 is 11.3. The molecular weight excluding hydrogens is 88.0 g/mol. The van der Waals surface area contributed by atoms with Gasteiger partial charge in [-0.05, 0) is 0 Å². The summed E-state index contributed by atoms with van der Waals surface area (Å²) in [7, 11) is 1.94. The van der Waals surface area contributed by atoms with Crippen molar-refractivity contribution >= 4 is 9.24 Å². The SMILES string of the molecule is NCC(F)P. The summed E-state index contributed by atoms with van der Waals surface area (Å²) in [4.78, 5) is 0. The Bertz CT molecular complexity index is 23.6. The van der Waals surface area contributed by atoms with Crippen molar-refractivity contribution in [1.29, 1.82) is 0 Å². The van der Waals surface area contributed by atoms with Crippen LogP contribution in [0.25, 0.3) is 0 Å². The number of hydrogen-bond donors (Lipinski definition) is 1. The van der Waals surface area contributed by atoms with Crippen LogP contribution in [0, 0.1) is 0 Å². The smallest absolute Gasteiger partial charge is 0.125 e. The minimum Gasteiger partial charge on any atom is -0.327 e. The van der Waals surface area contributed by atoms with Crippen molar-refractivity contribution in [2.24, 2.45) is 5.73 Å². The zero-order chi connectivity index (χ0) is 4.28. The monoisotopic (exact) mass is 95.0 g/mol. The first-order chi connectivity index (χ1) is 2.27. The Balaban J connectivity index is 2.54. The first kappa shape index (κ1) is 5.32. The van der Waals surface area contributed by atoms with Crippen LogP contribution in [0.3, 0.4) is 0 Å². The molecule has 0 aliphatic carbocycles. The standard InChI is InChI=1S/C2H7FNP/c3-2(5)1-4/h2H,1,4-5H2. The van der Waals surface area contributed by atoms with Gasteiger partial charge in [0, 0.05) is 6.54 Å². The number of halogens is 1. The van der Waals surface area contributed by atoms with E-state index in [1.165, 1.54) is 0 Å². The molecule has 2 unspecified atom stereocenters. The molecule has 0 aromatic heterocycles. The van der Waals surface area contributed by atoms with Gasteiger partial charge in [0.25, 0.3) is 0 Å². The number of alkyl halides is 1. The number of hydrogen-bond acceptors (Lipinski definition) is 1. The summed E-state index contributed by atoms with van der Waals surface area (Å²) in [6.45, 7) is 0.102. The van der Waals surface area contributed by atoms with Crippen LogP contribution in [-0.4, -0.2) is 12.5 Å². The Labute approximate surface area is 32.9 Å². The highest BCUT2D eigenvalue weighted by Gasteiger charge is 1.85. The Hall–Kier alpha value is 0.320. The maximum absolute atomic E-state index is 11.3. The van der Waals surface area contributed by atoms with Gasteiger partial charge in [-0.25, -0.2) is 4.39 Å². The summed E-state index contributed by atoms with van der Waals surface area (Å²) in [5.41, 5.74) is 4.78. The van der Waals surface area contributed by atoms with Crippen LogP contribution < -0.4 is 5.73 Å². The lowest BCUT2D eigenvalue weighted by atomic mass is 10.8. The highest BCUT2D eigenvalue weighted by Crippen LogP contribution is 1.94. The fraction of sp³-hybridized carbons (Fsp3) is 1.00. The molecule has 0 aliphatic rings. The number of nitrogens with two attached hydrogens (primary N) is 1. The Morgan fingerprint density at radius 3 is 2.20 bits per heavy atom. The van der Waals surface area contributed by atoms with E-state index in [0.717, 1.165) is 0 Å². The molecule has 0 radical (unpaired) electrons. The second-order valence-electron chi connectivity index (χ2n) is 0.752. The van der Waals surface area contributed by atoms with Crippen molar-refractivity contribution in [3.8, 4) is 0 Å². The summed E-state index contributed by atoms with van der Waals surface area (Å²) in [6.07, 6.45) is 0.